The van der Waals surface area contributed by atoms with Crippen LogP contribution >= 0.6 is 0 Å². The minimum Gasteiger partial charge on any atom is -0.435 e. The molecule has 0 saturated carbocycles. The summed E-state index contributed by atoms with van der Waals surface area (Å²) in [5.41, 5.74) is 6.34. The Morgan fingerprint density at radius 2 is 2.17 bits per heavy atom. The molecule has 5 nitrogen and oxygen atoms in total. The number of ether oxygens (including phenoxy) is 1. The lowest BCUT2D eigenvalue weighted by Gasteiger charge is -2.08. The lowest BCUT2D eigenvalue weighted by Crippen LogP contribution is -2.00. The number of nitrogen functional groups attached to an aromatic ring is 1. The molecule has 2 N–H and O–H groups in total. The Hall–Kier alpha value is -2.68. The second-order valence-electron chi connectivity index (χ2n) is 3.55. The summed E-state index contributed by atoms with van der Waals surface area (Å²) in [6, 6.07) is 5.75. The van der Waals surface area contributed by atoms with Crippen LogP contribution < -0.4 is 10.5 Å². The van der Waals surface area contributed by atoms with Gasteiger partial charge < -0.3 is 10.5 Å². The van der Waals surface area contributed by atoms with Crippen LogP contribution in [-0.2, 0) is 0 Å². The number of nitrogens with zero attached hydrogens (tertiary/aromatic N) is 3. The molecular weight excluding hydrogens is 235 g/mol. The number of benzene rings is 1. The van der Waals surface area contributed by atoms with E-state index in [0.717, 1.165) is 6.07 Å². The third-order valence-electron chi connectivity index (χ3n) is 2.34. The zero-order valence-electron chi connectivity index (χ0n) is 9.51. The Labute approximate surface area is 103 Å². The lowest BCUT2D eigenvalue weighted by molar-refractivity contribution is 0.423. The summed E-state index contributed by atoms with van der Waals surface area (Å²) in [5.74, 6) is -0.194. The number of hydrogen-bond donors (Lipinski definition) is 1. The van der Waals surface area contributed by atoms with Gasteiger partial charge in [0.2, 0.25) is 5.88 Å². The summed E-state index contributed by atoms with van der Waals surface area (Å²) in [7, 11) is 0. The molecule has 1 aromatic heterocycles. The van der Waals surface area contributed by atoms with Crippen LogP contribution in [0.25, 0.3) is 0 Å². The van der Waals surface area contributed by atoms with Gasteiger partial charge in [0.05, 0.1) is 17.2 Å². The Balaban J connectivity index is 2.35. The predicted molar refractivity (Wildman–Crippen MR) is 62.4 cm³/mol. The van der Waals surface area contributed by atoms with Crippen molar-refractivity contribution in [2.45, 2.75) is 6.92 Å². The molecule has 6 heteroatoms. The monoisotopic (exact) mass is 244 g/mol. The second-order valence-corrected chi connectivity index (χ2v) is 3.55. The van der Waals surface area contributed by atoms with Crippen molar-refractivity contribution < 1.29 is 9.13 Å². The number of rotatable bonds is 2. The molecule has 2 rings (SSSR count). The van der Waals surface area contributed by atoms with Gasteiger partial charge in [-0.25, -0.2) is 14.4 Å². The van der Waals surface area contributed by atoms with E-state index in [2.05, 4.69) is 9.97 Å². The van der Waals surface area contributed by atoms with Gasteiger partial charge in [-0.05, 0) is 25.1 Å². The van der Waals surface area contributed by atoms with E-state index in [4.69, 9.17) is 15.7 Å². The van der Waals surface area contributed by atoms with Crippen molar-refractivity contribution in [3.63, 3.8) is 0 Å². The molecule has 0 fully saturated rings. The molecule has 1 aromatic carbocycles. The van der Waals surface area contributed by atoms with Gasteiger partial charge in [-0.15, -0.1) is 0 Å². The van der Waals surface area contributed by atoms with E-state index in [0.29, 0.717) is 5.56 Å². The molecule has 0 aliphatic heterocycles. The maximum absolute atomic E-state index is 13.6. The molecule has 0 bridgehead atoms. The first-order valence-electron chi connectivity index (χ1n) is 5.06. The summed E-state index contributed by atoms with van der Waals surface area (Å²) >= 11 is 0. The van der Waals surface area contributed by atoms with E-state index in [-0.39, 0.29) is 23.0 Å². The van der Waals surface area contributed by atoms with E-state index < -0.39 is 5.82 Å². The van der Waals surface area contributed by atoms with Gasteiger partial charge in [-0.1, -0.05) is 0 Å². The minimum absolute atomic E-state index is 0.0183. The first kappa shape index (κ1) is 11.8. The fourth-order valence-corrected chi connectivity index (χ4v) is 1.31. The highest BCUT2D eigenvalue weighted by molar-refractivity contribution is 5.45. The molecule has 0 spiro atoms. The second kappa shape index (κ2) is 4.67. The van der Waals surface area contributed by atoms with Crippen molar-refractivity contribution in [3.05, 3.63) is 41.5 Å². The maximum atomic E-state index is 13.6. The number of aromatic nitrogens is 2. The van der Waals surface area contributed by atoms with Crippen molar-refractivity contribution in [3.8, 4) is 17.7 Å². The van der Waals surface area contributed by atoms with Gasteiger partial charge in [0, 0.05) is 0 Å². The number of halogens is 1. The van der Waals surface area contributed by atoms with Gasteiger partial charge in [-0.2, -0.15) is 5.26 Å². The normalized spacial score (nSPS) is 9.83. The van der Waals surface area contributed by atoms with Crippen LogP contribution in [0.5, 0.6) is 11.6 Å². The Morgan fingerprint density at radius 3 is 2.83 bits per heavy atom. The first-order chi connectivity index (χ1) is 8.61. The summed E-state index contributed by atoms with van der Waals surface area (Å²) < 4.78 is 18.9. The molecule has 1 heterocycles. The highest BCUT2D eigenvalue weighted by atomic mass is 19.1. The number of nitriles is 1. The van der Waals surface area contributed by atoms with Crippen molar-refractivity contribution in [2.24, 2.45) is 0 Å². The Kier molecular flexibility index (Phi) is 3.06. The van der Waals surface area contributed by atoms with E-state index in [1.54, 1.807) is 6.92 Å². The van der Waals surface area contributed by atoms with E-state index >= 15 is 0 Å². The van der Waals surface area contributed by atoms with Crippen LogP contribution in [0.15, 0.2) is 24.5 Å². The van der Waals surface area contributed by atoms with Crippen molar-refractivity contribution in [1.82, 2.24) is 9.97 Å². The average molecular weight is 244 g/mol. The third-order valence-corrected chi connectivity index (χ3v) is 2.34. The van der Waals surface area contributed by atoms with E-state index in [1.165, 1.54) is 18.5 Å². The summed E-state index contributed by atoms with van der Waals surface area (Å²) in [6.07, 6.45) is 1.24. The smallest absolute Gasteiger partial charge is 0.227 e. The minimum atomic E-state index is -0.634. The van der Waals surface area contributed by atoms with Gasteiger partial charge in [0.1, 0.15) is 12.1 Å². The molecule has 0 aliphatic carbocycles. The fourth-order valence-electron chi connectivity index (χ4n) is 1.31. The molecule has 0 aliphatic rings. The topological polar surface area (TPSA) is 84.8 Å². The highest BCUT2D eigenvalue weighted by Gasteiger charge is 2.10. The molecule has 90 valence electrons. The fraction of sp³-hybridized carbons (Fsp3) is 0.0833. The van der Waals surface area contributed by atoms with Crippen molar-refractivity contribution >= 4 is 5.82 Å². The molecule has 0 saturated heterocycles. The largest absolute Gasteiger partial charge is 0.435 e. The van der Waals surface area contributed by atoms with E-state index in [1.807, 2.05) is 6.07 Å². The molecule has 0 radical (unpaired) electrons. The van der Waals surface area contributed by atoms with Gasteiger partial charge in [0.25, 0.3) is 0 Å². The number of hydrogen-bond acceptors (Lipinski definition) is 5. The Morgan fingerprint density at radius 1 is 1.39 bits per heavy atom. The van der Waals surface area contributed by atoms with Gasteiger partial charge in [-0.3, -0.25) is 0 Å². The molecule has 18 heavy (non-hydrogen) atoms. The van der Waals surface area contributed by atoms with E-state index in [9.17, 15) is 4.39 Å². The maximum Gasteiger partial charge on any atom is 0.227 e. The third kappa shape index (κ3) is 2.20. The predicted octanol–water partition coefficient (Wildman–Crippen LogP) is 2.17. The van der Waals surface area contributed by atoms with Gasteiger partial charge in [0.15, 0.2) is 11.6 Å². The van der Waals surface area contributed by atoms with Gasteiger partial charge >= 0.3 is 0 Å². The van der Waals surface area contributed by atoms with Crippen molar-refractivity contribution in [1.29, 1.82) is 5.26 Å². The SMILES string of the molecule is Cc1c(N)ncnc1Oc1ccc(C#N)cc1F. The molecule has 0 unspecified atom stereocenters. The van der Waals surface area contributed by atoms with Crippen LogP contribution in [-0.4, -0.2) is 9.97 Å². The quantitative estimate of drug-likeness (QED) is 0.875. The van der Waals surface area contributed by atoms with Crippen LogP contribution in [0.1, 0.15) is 11.1 Å². The standard InChI is InChI=1S/C12H9FN4O/c1-7-11(15)16-6-17-12(7)18-10-3-2-8(5-14)4-9(10)13/h2-4,6H,1H3,(H2,15,16,17). The molecule has 2 aromatic rings. The van der Waals surface area contributed by atoms with Crippen LogP contribution in [0.4, 0.5) is 10.2 Å². The number of nitrogens with two attached hydrogens (primary N) is 1. The van der Waals surface area contributed by atoms with Crippen molar-refractivity contribution in [2.75, 3.05) is 5.73 Å². The average Bonchev–Trinajstić information content (AvgIpc) is 2.37. The van der Waals surface area contributed by atoms with Crippen LogP contribution in [0.3, 0.4) is 0 Å². The summed E-state index contributed by atoms with van der Waals surface area (Å²) in [4.78, 5) is 7.65. The van der Waals surface area contributed by atoms with Crippen LogP contribution in [0.2, 0.25) is 0 Å². The molecule has 0 amide bonds. The zero-order chi connectivity index (χ0) is 13.1. The highest BCUT2D eigenvalue weighted by Crippen LogP contribution is 2.27. The molecular formula is C12H9FN4O. The number of anilines is 1. The summed E-state index contributed by atoms with van der Waals surface area (Å²) in [6.45, 7) is 1.67. The lowest BCUT2D eigenvalue weighted by atomic mass is 10.2. The Bertz CT molecular complexity index is 636. The van der Waals surface area contributed by atoms with Crippen LogP contribution in [0, 0.1) is 24.1 Å². The zero-order valence-corrected chi connectivity index (χ0v) is 9.51. The first-order valence-corrected chi connectivity index (χ1v) is 5.06. The molecule has 0 atom stereocenters. The summed E-state index contributed by atoms with van der Waals surface area (Å²) in [5, 5.41) is 8.63.